The number of phenols is 2. The quantitative estimate of drug-likeness (QED) is 0.375. The van der Waals surface area contributed by atoms with E-state index in [0.717, 1.165) is 11.4 Å². The molecule has 0 spiro atoms. The standard InChI is InChI=1S/C27H22N2O2/c30-26-20(9-7-11-22(26)18-28-24-13-3-1-4-14-24)17-21-10-8-12-23(27(21)31)19-29-25-15-5-2-6-16-25/h1-16,18-19,30-31H,17H2/b28-18+,29-19+. The predicted octanol–water partition coefficient (Wildman–Crippen LogP) is 6.19. The Kier molecular flexibility index (Phi) is 6.19. The monoisotopic (exact) mass is 406 g/mol. The molecule has 4 nitrogen and oxygen atoms in total. The summed E-state index contributed by atoms with van der Waals surface area (Å²) in [6.07, 6.45) is 3.69. The maximum atomic E-state index is 10.7. The second-order valence-corrected chi connectivity index (χ2v) is 7.07. The molecule has 2 N–H and O–H groups in total. The molecule has 152 valence electrons. The third-order valence-corrected chi connectivity index (χ3v) is 4.90. The van der Waals surface area contributed by atoms with Crippen LogP contribution < -0.4 is 0 Å². The maximum absolute atomic E-state index is 10.7. The van der Waals surface area contributed by atoms with Crippen molar-refractivity contribution in [1.82, 2.24) is 0 Å². The molecule has 0 heterocycles. The molecule has 4 heteroatoms. The summed E-state index contributed by atoms with van der Waals surface area (Å²) in [6.45, 7) is 0. The summed E-state index contributed by atoms with van der Waals surface area (Å²) in [4.78, 5) is 8.84. The van der Waals surface area contributed by atoms with Crippen molar-refractivity contribution < 1.29 is 10.2 Å². The van der Waals surface area contributed by atoms with Crippen LogP contribution in [0.5, 0.6) is 11.5 Å². The Morgan fingerprint density at radius 1 is 0.516 bits per heavy atom. The molecule has 31 heavy (non-hydrogen) atoms. The summed E-state index contributed by atoms with van der Waals surface area (Å²) in [7, 11) is 0. The fourth-order valence-electron chi connectivity index (χ4n) is 3.24. The molecule has 0 unspecified atom stereocenters. The van der Waals surface area contributed by atoms with E-state index in [1.807, 2.05) is 97.1 Å². The number of rotatable bonds is 6. The first-order valence-electron chi connectivity index (χ1n) is 10.0. The van der Waals surface area contributed by atoms with Gasteiger partial charge in [-0.25, -0.2) is 0 Å². The average Bonchev–Trinajstić information content (AvgIpc) is 2.81. The first-order valence-corrected chi connectivity index (χ1v) is 10.0. The first kappa shape index (κ1) is 20.1. The zero-order valence-corrected chi connectivity index (χ0v) is 16.9. The van der Waals surface area contributed by atoms with Crippen molar-refractivity contribution in [3.63, 3.8) is 0 Å². The fraction of sp³-hybridized carbons (Fsp3) is 0.0370. The van der Waals surface area contributed by atoms with Gasteiger partial charge in [0.15, 0.2) is 0 Å². The van der Waals surface area contributed by atoms with Crippen LogP contribution in [0, 0.1) is 0 Å². The Bertz CT molecular complexity index is 1120. The smallest absolute Gasteiger partial charge is 0.127 e. The molecule has 0 atom stereocenters. The van der Waals surface area contributed by atoms with Crippen LogP contribution in [0.15, 0.2) is 107 Å². The summed E-state index contributed by atoms with van der Waals surface area (Å²) in [6, 6.07) is 30.2. The van der Waals surface area contributed by atoms with E-state index < -0.39 is 0 Å². The molecule has 4 rings (SSSR count). The van der Waals surface area contributed by atoms with Gasteiger partial charge < -0.3 is 10.2 Å². The van der Waals surface area contributed by atoms with Crippen molar-refractivity contribution in [2.75, 3.05) is 0 Å². The van der Waals surface area contributed by atoms with E-state index in [9.17, 15) is 10.2 Å². The highest BCUT2D eigenvalue weighted by Gasteiger charge is 2.11. The number of hydrogen-bond acceptors (Lipinski definition) is 4. The van der Waals surface area contributed by atoms with E-state index in [1.165, 1.54) is 0 Å². The van der Waals surface area contributed by atoms with E-state index in [-0.39, 0.29) is 11.5 Å². The minimum atomic E-state index is 0.157. The van der Waals surface area contributed by atoms with Crippen molar-refractivity contribution in [1.29, 1.82) is 0 Å². The van der Waals surface area contributed by atoms with E-state index in [0.29, 0.717) is 28.7 Å². The average molecular weight is 406 g/mol. The van der Waals surface area contributed by atoms with E-state index in [2.05, 4.69) is 9.98 Å². The lowest BCUT2D eigenvalue weighted by Crippen LogP contribution is -1.95. The van der Waals surface area contributed by atoms with Crippen molar-refractivity contribution >= 4 is 23.8 Å². The Balaban J connectivity index is 1.57. The molecule has 0 saturated carbocycles. The normalized spacial score (nSPS) is 11.4. The Hall–Kier alpha value is -4.18. The van der Waals surface area contributed by atoms with Gasteiger partial charge in [0.2, 0.25) is 0 Å². The molecule has 0 aliphatic heterocycles. The molecule has 0 aliphatic rings. The van der Waals surface area contributed by atoms with Crippen LogP contribution in [-0.2, 0) is 6.42 Å². The molecular weight excluding hydrogens is 384 g/mol. The van der Waals surface area contributed by atoms with Gasteiger partial charge in [0.1, 0.15) is 11.5 Å². The van der Waals surface area contributed by atoms with Crippen molar-refractivity contribution in [3.8, 4) is 11.5 Å². The van der Waals surface area contributed by atoms with Crippen LogP contribution in [-0.4, -0.2) is 22.6 Å². The number of para-hydroxylation sites is 4. The molecule has 0 radical (unpaired) electrons. The Morgan fingerprint density at radius 3 is 1.35 bits per heavy atom. The summed E-state index contributed by atoms with van der Waals surface area (Å²) < 4.78 is 0. The van der Waals surface area contributed by atoms with Crippen molar-refractivity contribution in [3.05, 3.63) is 119 Å². The minimum absolute atomic E-state index is 0.157. The van der Waals surface area contributed by atoms with Crippen LogP contribution in [0.4, 0.5) is 11.4 Å². The molecule has 4 aromatic carbocycles. The lowest BCUT2D eigenvalue weighted by molar-refractivity contribution is 0.462. The maximum Gasteiger partial charge on any atom is 0.127 e. The number of aromatic hydroxyl groups is 2. The zero-order chi connectivity index (χ0) is 21.5. The topological polar surface area (TPSA) is 65.2 Å². The van der Waals surface area contributed by atoms with Gasteiger partial charge in [-0.2, -0.15) is 0 Å². The molecule has 0 aromatic heterocycles. The SMILES string of the molecule is Oc1c(/C=N/c2ccccc2)cccc1Cc1cccc(/C=N/c2ccccc2)c1O. The Morgan fingerprint density at radius 2 is 0.935 bits per heavy atom. The highest BCUT2D eigenvalue weighted by molar-refractivity contribution is 5.87. The van der Waals surface area contributed by atoms with Crippen LogP contribution in [0.25, 0.3) is 0 Å². The largest absolute Gasteiger partial charge is 0.507 e. The third kappa shape index (κ3) is 5.06. The lowest BCUT2D eigenvalue weighted by Gasteiger charge is -2.10. The molecule has 0 aliphatic carbocycles. The number of nitrogens with zero attached hydrogens (tertiary/aromatic N) is 2. The van der Waals surface area contributed by atoms with E-state index in [1.54, 1.807) is 12.4 Å². The van der Waals surface area contributed by atoms with Gasteiger partial charge in [-0.1, -0.05) is 60.7 Å². The van der Waals surface area contributed by atoms with Gasteiger partial charge in [0.25, 0.3) is 0 Å². The second-order valence-electron chi connectivity index (χ2n) is 7.07. The zero-order valence-electron chi connectivity index (χ0n) is 16.9. The lowest BCUT2D eigenvalue weighted by atomic mass is 9.99. The van der Waals surface area contributed by atoms with E-state index >= 15 is 0 Å². The van der Waals surface area contributed by atoms with Gasteiger partial charge in [-0.15, -0.1) is 0 Å². The summed E-state index contributed by atoms with van der Waals surface area (Å²) in [5, 5.41) is 21.5. The van der Waals surface area contributed by atoms with Crippen LogP contribution in [0.2, 0.25) is 0 Å². The highest BCUT2D eigenvalue weighted by atomic mass is 16.3. The second kappa shape index (κ2) is 9.55. The van der Waals surface area contributed by atoms with Crippen molar-refractivity contribution in [2.45, 2.75) is 6.42 Å². The third-order valence-electron chi connectivity index (χ3n) is 4.90. The minimum Gasteiger partial charge on any atom is -0.507 e. The summed E-state index contributed by atoms with van der Waals surface area (Å²) in [5.41, 5.74) is 4.31. The van der Waals surface area contributed by atoms with E-state index in [4.69, 9.17) is 0 Å². The van der Waals surface area contributed by atoms with Gasteiger partial charge in [0.05, 0.1) is 11.4 Å². The van der Waals surface area contributed by atoms with Gasteiger partial charge >= 0.3 is 0 Å². The fourth-order valence-corrected chi connectivity index (χ4v) is 3.24. The number of aliphatic imine (C=N–C) groups is 2. The highest BCUT2D eigenvalue weighted by Crippen LogP contribution is 2.29. The van der Waals surface area contributed by atoms with Gasteiger partial charge in [-0.3, -0.25) is 9.98 Å². The molecule has 0 saturated heterocycles. The first-order chi connectivity index (χ1) is 15.2. The van der Waals surface area contributed by atoms with Gasteiger partial charge in [0, 0.05) is 30.0 Å². The van der Waals surface area contributed by atoms with Crippen LogP contribution in [0.3, 0.4) is 0 Å². The number of phenolic OH excluding ortho intramolecular Hbond substituents is 2. The van der Waals surface area contributed by atoms with Gasteiger partial charge in [-0.05, 0) is 47.5 Å². The van der Waals surface area contributed by atoms with Crippen LogP contribution >= 0.6 is 0 Å². The Labute approximate surface area is 181 Å². The molecular formula is C27H22N2O2. The summed E-state index contributed by atoms with van der Waals surface area (Å²) in [5.74, 6) is 0.315. The molecule has 0 amide bonds. The molecule has 4 aromatic rings. The van der Waals surface area contributed by atoms with Crippen molar-refractivity contribution in [2.24, 2.45) is 9.98 Å². The van der Waals surface area contributed by atoms with Crippen LogP contribution in [0.1, 0.15) is 22.3 Å². The molecule has 0 bridgehead atoms. The number of hydrogen-bond donors (Lipinski definition) is 2. The summed E-state index contributed by atoms with van der Waals surface area (Å²) >= 11 is 0. The molecule has 0 fully saturated rings. The number of benzene rings is 4. The predicted molar refractivity (Wildman–Crippen MR) is 126 cm³/mol.